The van der Waals surface area contributed by atoms with Crippen molar-refractivity contribution in [3.8, 4) is 0 Å². The maximum absolute atomic E-state index is 12.2. The summed E-state index contributed by atoms with van der Waals surface area (Å²) in [6.07, 6.45) is 0.929. The number of amides is 1. The monoisotopic (exact) mass is 273 g/mol. The molecule has 0 radical (unpaired) electrons. The van der Waals surface area contributed by atoms with Gasteiger partial charge < -0.3 is 4.90 Å². The molecule has 0 aromatic heterocycles. The van der Waals surface area contributed by atoms with E-state index in [0.717, 1.165) is 17.7 Å². The molecule has 0 fully saturated rings. The van der Waals surface area contributed by atoms with Gasteiger partial charge in [0.15, 0.2) is 5.78 Å². The minimum atomic E-state index is -0.224. The Morgan fingerprint density at radius 1 is 1.25 bits per heavy atom. The van der Waals surface area contributed by atoms with Gasteiger partial charge in [0.1, 0.15) is 0 Å². The Bertz CT molecular complexity index is 587. The Morgan fingerprint density at radius 3 is 2.35 bits per heavy atom. The van der Waals surface area contributed by atoms with Gasteiger partial charge in [-0.1, -0.05) is 19.1 Å². The van der Waals surface area contributed by atoms with Gasteiger partial charge in [-0.3, -0.25) is 9.59 Å². The predicted molar refractivity (Wildman–Crippen MR) is 81.5 cm³/mol. The lowest BCUT2D eigenvalue weighted by atomic mass is 9.78. The van der Waals surface area contributed by atoms with Gasteiger partial charge in [-0.05, 0) is 51.2 Å². The standard InChI is InChI=1S/C17H23NO2/c1-10-9-17(5,6)18(13(4)20)16-11(2)15(12(3)19)8-7-14(10)16/h7-8,10H,9H2,1-6H3. The zero-order chi connectivity index (χ0) is 15.2. The van der Waals surface area contributed by atoms with Crippen LogP contribution in [-0.2, 0) is 4.79 Å². The zero-order valence-electron chi connectivity index (χ0n) is 13.2. The zero-order valence-corrected chi connectivity index (χ0v) is 13.2. The molecule has 1 aromatic carbocycles. The lowest BCUT2D eigenvalue weighted by Crippen LogP contribution is -2.51. The maximum atomic E-state index is 12.2. The molecule has 1 aliphatic rings. The summed E-state index contributed by atoms with van der Waals surface area (Å²) in [4.78, 5) is 25.8. The maximum Gasteiger partial charge on any atom is 0.224 e. The summed E-state index contributed by atoms with van der Waals surface area (Å²) in [7, 11) is 0. The Morgan fingerprint density at radius 2 is 1.85 bits per heavy atom. The van der Waals surface area contributed by atoms with Crippen LogP contribution in [0.3, 0.4) is 0 Å². The van der Waals surface area contributed by atoms with E-state index >= 15 is 0 Å². The molecule has 1 unspecified atom stereocenters. The van der Waals surface area contributed by atoms with Crippen molar-refractivity contribution in [1.82, 2.24) is 0 Å². The number of hydrogen-bond donors (Lipinski definition) is 0. The summed E-state index contributed by atoms with van der Waals surface area (Å²) in [5.74, 6) is 0.465. The Balaban J connectivity index is 2.77. The molecule has 1 heterocycles. The third-order valence-electron chi connectivity index (χ3n) is 4.32. The van der Waals surface area contributed by atoms with Crippen molar-refractivity contribution in [2.75, 3.05) is 4.90 Å². The first-order valence-electron chi connectivity index (χ1n) is 7.12. The number of benzene rings is 1. The van der Waals surface area contributed by atoms with Crippen LogP contribution in [0.1, 0.15) is 68.4 Å². The average molecular weight is 273 g/mol. The second kappa shape index (κ2) is 4.72. The fourth-order valence-electron chi connectivity index (χ4n) is 3.63. The quantitative estimate of drug-likeness (QED) is 0.729. The minimum Gasteiger partial charge on any atom is -0.307 e. The van der Waals surface area contributed by atoms with Gasteiger partial charge in [-0.2, -0.15) is 0 Å². The van der Waals surface area contributed by atoms with Crippen molar-refractivity contribution in [2.24, 2.45) is 0 Å². The van der Waals surface area contributed by atoms with E-state index in [1.165, 1.54) is 5.56 Å². The molecule has 108 valence electrons. The van der Waals surface area contributed by atoms with Crippen molar-refractivity contribution in [2.45, 2.75) is 59.4 Å². The smallest absolute Gasteiger partial charge is 0.224 e. The molecular weight excluding hydrogens is 250 g/mol. The molecule has 1 atom stereocenters. The number of fused-ring (bicyclic) bond motifs is 1. The first-order chi connectivity index (χ1) is 9.16. The number of anilines is 1. The van der Waals surface area contributed by atoms with E-state index in [1.807, 2.05) is 24.0 Å². The van der Waals surface area contributed by atoms with Crippen LogP contribution < -0.4 is 4.90 Å². The summed E-state index contributed by atoms with van der Waals surface area (Å²) in [6, 6.07) is 3.90. The van der Waals surface area contributed by atoms with Crippen LogP contribution in [0, 0.1) is 6.92 Å². The molecule has 20 heavy (non-hydrogen) atoms. The van der Waals surface area contributed by atoms with Crippen molar-refractivity contribution in [1.29, 1.82) is 0 Å². The lowest BCUT2D eigenvalue weighted by Gasteiger charge is -2.46. The number of rotatable bonds is 1. The highest BCUT2D eigenvalue weighted by Gasteiger charge is 2.39. The third kappa shape index (κ3) is 2.15. The molecule has 0 N–H and O–H groups in total. The highest BCUT2D eigenvalue weighted by atomic mass is 16.2. The molecule has 0 spiro atoms. The Labute approximate surface area is 121 Å². The molecule has 0 bridgehead atoms. The fourth-order valence-corrected chi connectivity index (χ4v) is 3.63. The van der Waals surface area contributed by atoms with E-state index in [0.29, 0.717) is 11.5 Å². The van der Waals surface area contributed by atoms with Crippen molar-refractivity contribution >= 4 is 17.4 Å². The SMILES string of the molecule is CC(=O)c1ccc2c(c1C)N(C(C)=O)C(C)(C)CC2C. The van der Waals surface area contributed by atoms with Gasteiger partial charge in [-0.25, -0.2) is 0 Å². The molecular formula is C17H23NO2. The molecule has 3 heteroatoms. The first-order valence-corrected chi connectivity index (χ1v) is 7.12. The molecule has 1 aromatic rings. The van der Waals surface area contributed by atoms with Crippen LogP contribution in [-0.4, -0.2) is 17.2 Å². The number of carbonyl (C=O) groups is 2. The van der Waals surface area contributed by atoms with Crippen molar-refractivity contribution in [3.05, 3.63) is 28.8 Å². The van der Waals surface area contributed by atoms with Crippen LogP contribution in [0.25, 0.3) is 0 Å². The fraction of sp³-hybridized carbons (Fsp3) is 0.529. The van der Waals surface area contributed by atoms with Crippen molar-refractivity contribution in [3.63, 3.8) is 0 Å². The van der Waals surface area contributed by atoms with E-state index < -0.39 is 0 Å². The van der Waals surface area contributed by atoms with E-state index in [-0.39, 0.29) is 17.2 Å². The summed E-state index contributed by atoms with van der Waals surface area (Å²) in [6.45, 7) is 11.5. The largest absolute Gasteiger partial charge is 0.307 e. The summed E-state index contributed by atoms with van der Waals surface area (Å²) < 4.78 is 0. The lowest BCUT2D eigenvalue weighted by molar-refractivity contribution is -0.117. The molecule has 1 amide bonds. The Kier molecular flexibility index (Phi) is 3.49. The minimum absolute atomic E-state index is 0.0342. The van der Waals surface area contributed by atoms with E-state index in [2.05, 4.69) is 20.8 Å². The topological polar surface area (TPSA) is 37.4 Å². The molecule has 2 rings (SSSR count). The number of Topliss-reactive ketones (excluding diaryl/α,β-unsaturated/α-hetero) is 1. The summed E-state index contributed by atoms with van der Waals surface area (Å²) in [5.41, 5.74) is 3.51. The summed E-state index contributed by atoms with van der Waals surface area (Å²) >= 11 is 0. The number of ketones is 1. The van der Waals surface area contributed by atoms with Crippen LogP contribution >= 0.6 is 0 Å². The van der Waals surface area contributed by atoms with E-state index in [9.17, 15) is 9.59 Å². The number of nitrogens with zero attached hydrogens (tertiary/aromatic N) is 1. The van der Waals surface area contributed by atoms with Crippen LogP contribution in [0.4, 0.5) is 5.69 Å². The normalized spacial score (nSPS) is 20.5. The van der Waals surface area contributed by atoms with Gasteiger partial charge in [0.05, 0.1) is 5.69 Å². The molecule has 1 aliphatic heterocycles. The summed E-state index contributed by atoms with van der Waals surface area (Å²) in [5, 5.41) is 0. The van der Waals surface area contributed by atoms with E-state index in [4.69, 9.17) is 0 Å². The second-order valence-corrected chi connectivity index (χ2v) is 6.50. The van der Waals surface area contributed by atoms with Crippen LogP contribution in [0.15, 0.2) is 12.1 Å². The van der Waals surface area contributed by atoms with Gasteiger partial charge >= 0.3 is 0 Å². The van der Waals surface area contributed by atoms with Gasteiger partial charge in [0.2, 0.25) is 5.91 Å². The number of hydrogen-bond acceptors (Lipinski definition) is 2. The number of carbonyl (C=O) groups excluding carboxylic acids is 2. The van der Waals surface area contributed by atoms with E-state index in [1.54, 1.807) is 13.8 Å². The highest BCUT2D eigenvalue weighted by Crippen LogP contribution is 2.45. The van der Waals surface area contributed by atoms with Gasteiger partial charge in [0, 0.05) is 18.0 Å². The van der Waals surface area contributed by atoms with Crippen molar-refractivity contribution < 1.29 is 9.59 Å². The first kappa shape index (κ1) is 14.8. The molecule has 0 saturated carbocycles. The molecule has 0 aliphatic carbocycles. The highest BCUT2D eigenvalue weighted by molar-refractivity contribution is 6.01. The van der Waals surface area contributed by atoms with Crippen LogP contribution in [0.5, 0.6) is 0 Å². The molecule has 0 saturated heterocycles. The average Bonchev–Trinajstić information content (AvgIpc) is 2.28. The second-order valence-electron chi connectivity index (χ2n) is 6.50. The third-order valence-corrected chi connectivity index (χ3v) is 4.32. The predicted octanol–water partition coefficient (Wildman–Crippen LogP) is 3.84. The van der Waals surface area contributed by atoms with Gasteiger partial charge in [-0.15, -0.1) is 0 Å². The van der Waals surface area contributed by atoms with Crippen LogP contribution in [0.2, 0.25) is 0 Å². The van der Waals surface area contributed by atoms with Gasteiger partial charge in [0.25, 0.3) is 0 Å². The molecule has 3 nitrogen and oxygen atoms in total. The Hall–Kier alpha value is -1.64.